The van der Waals surface area contributed by atoms with Crippen LogP contribution in [0.4, 0.5) is 5.69 Å². The molecule has 1 rings (SSSR count). The fourth-order valence-electron chi connectivity index (χ4n) is 0.903. The topological polar surface area (TPSA) is 60.2 Å². The first-order valence-electron chi connectivity index (χ1n) is 3.59. The van der Waals surface area contributed by atoms with Crippen LogP contribution in [-0.2, 0) is 0 Å². The minimum absolute atomic E-state index is 0.0417. The van der Waals surface area contributed by atoms with Crippen molar-refractivity contribution in [3.05, 3.63) is 38.9 Å². The molecule has 0 radical (unpaired) electrons. The van der Waals surface area contributed by atoms with Gasteiger partial charge in [0.05, 0.1) is 9.35 Å². The maximum absolute atomic E-state index is 11.2. The Balaban J connectivity index is 3.19. The first-order chi connectivity index (χ1) is 6.56. The zero-order valence-electron chi connectivity index (χ0n) is 6.87. The standard InChI is InChI=1S/C8H5ClINO3/c9-6-2-1-5(8(12)4-10)3-7(6)11(13)14/h1-3H,4H2. The Morgan fingerprint density at radius 3 is 2.71 bits per heavy atom. The lowest BCUT2D eigenvalue weighted by Gasteiger charge is -1.98. The minimum Gasteiger partial charge on any atom is -0.293 e. The summed E-state index contributed by atoms with van der Waals surface area (Å²) in [6, 6.07) is 4.04. The number of hydrogen-bond donors (Lipinski definition) is 0. The van der Waals surface area contributed by atoms with Gasteiger partial charge in [-0.1, -0.05) is 34.2 Å². The number of nitro groups is 1. The summed E-state index contributed by atoms with van der Waals surface area (Å²) < 4.78 is 0.288. The Kier molecular flexibility index (Phi) is 3.82. The van der Waals surface area contributed by atoms with Gasteiger partial charge in [-0.15, -0.1) is 0 Å². The Hall–Kier alpha value is -0.690. The third-order valence-corrected chi connectivity index (χ3v) is 2.60. The van der Waals surface area contributed by atoms with Gasteiger partial charge in [-0.2, -0.15) is 0 Å². The Bertz CT molecular complexity index is 394. The predicted molar refractivity (Wildman–Crippen MR) is 61.3 cm³/mol. The molecule has 4 nitrogen and oxygen atoms in total. The third kappa shape index (κ3) is 2.42. The molecule has 1 aromatic rings. The SMILES string of the molecule is O=C(CI)c1ccc(Cl)c([N+](=O)[O-])c1. The molecule has 0 saturated heterocycles. The van der Waals surface area contributed by atoms with Crippen molar-refractivity contribution in [2.24, 2.45) is 0 Å². The first-order valence-corrected chi connectivity index (χ1v) is 5.49. The van der Waals surface area contributed by atoms with E-state index in [9.17, 15) is 14.9 Å². The zero-order chi connectivity index (χ0) is 10.7. The largest absolute Gasteiger partial charge is 0.293 e. The fraction of sp³-hybridized carbons (Fsp3) is 0.125. The summed E-state index contributed by atoms with van der Waals surface area (Å²) >= 11 is 7.49. The van der Waals surface area contributed by atoms with Crippen molar-refractivity contribution in [2.75, 3.05) is 4.43 Å². The third-order valence-electron chi connectivity index (χ3n) is 1.59. The van der Waals surface area contributed by atoms with Gasteiger partial charge in [-0.3, -0.25) is 14.9 Å². The maximum Gasteiger partial charge on any atom is 0.288 e. The molecule has 0 aliphatic carbocycles. The van der Waals surface area contributed by atoms with Gasteiger partial charge in [0, 0.05) is 11.6 Å². The highest BCUT2D eigenvalue weighted by Crippen LogP contribution is 2.25. The van der Waals surface area contributed by atoms with E-state index in [1.54, 1.807) is 0 Å². The number of hydrogen-bond acceptors (Lipinski definition) is 3. The number of Topliss-reactive ketones (excluding diaryl/α,β-unsaturated/α-hetero) is 1. The molecule has 0 aromatic heterocycles. The van der Waals surface area contributed by atoms with E-state index in [-0.39, 0.29) is 20.9 Å². The fourth-order valence-corrected chi connectivity index (χ4v) is 1.53. The molecule has 0 unspecified atom stereocenters. The lowest BCUT2D eigenvalue weighted by atomic mass is 10.1. The molecule has 0 N–H and O–H groups in total. The number of ketones is 1. The van der Waals surface area contributed by atoms with Gasteiger partial charge in [-0.25, -0.2) is 0 Å². The van der Waals surface area contributed by atoms with Crippen LogP contribution in [0.3, 0.4) is 0 Å². The molecule has 0 spiro atoms. The quantitative estimate of drug-likeness (QED) is 0.282. The lowest BCUT2D eigenvalue weighted by Crippen LogP contribution is -2.01. The number of alkyl halides is 1. The first kappa shape index (κ1) is 11.4. The molecule has 6 heteroatoms. The van der Waals surface area contributed by atoms with Crippen molar-refractivity contribution in [1.29, 1.82) is 0 Å². The molecule has 14 heavy (non-hydrogen) atoms. The zero-order valence-corrected chi connectivity index (χ0v) is 9.78. The number of carbonyl (C=O) groups is 1. The molecule has 0 aliphatic heterocycles. The molecule has 0 atom stereocenters. The normalized spacial score (nSPS) is 9.86. The van der Waals surface area contributed by atoms with Gasteiger partial charge >= 0.3 is 0 Å². The second kappa shape index (κ2) is 4.70. The summed E-state index contributed by atoms with van der Waals surface area (Å²) in [6.45, 7) is 0. The second-order valence-electron chi connectivity index (χ2n) is 2.48. The van der Waals surface area contributed by atoms with Crippen molar-refractivity contribution in [2.45, 2.75) is 0 Å². The van der Waals surface area contributed by atoms with Gasteiger partial charge in [0.15, 0.2) is 5.78 Å². The molecule has 0 bridgehead atoms. The molecule has 1 aromatic carbocycles. The number of rotatable bonds is 3. The highest BCUT2D eigenvalue weighted by molar-refractivity contribution is 14.1. The molecular formula is C8H5ClINO3. The molecular weight excluding hydrogens is 320 g/mol. The van der Waals surface area contributed by atoms with Crippen molar-refractivity contribution >= 4 is 45.7 Å². The van der Waals surface area contributed by atoms with Crippen molar-refractivity contribution in [1.82, 2.24) is 0 Å². The summed E-state index contributed by atoms with van der Waals surface area (Å²) in [5.74, 6) is -0.148. The smallest absolute Gasteiger partial charge is 0.288 e. The number of halogens is 2. The van der Waals surface area contributed by atoms with Crippen LogP contribution in [0.25, 0.3) is 0 Å². The number of benzene rings is 1. The van der Waals surface area contributed by atoms with Crippen LogP contribution in [0.1, 0.15) is 10.4 Å². The molecule has 0 fully saturated rings. The van der Waals surface area contributed by atoms with E-state index in [0.717, 1.165) is 0 Å². The summed E-state index contributed by atoms with van der Waals surface area (Å²) in [7, 11) is 0. The van der Waals surface area contributed by atoms with Crippen LogP contribution >= 0.6 is 34.2 Å². The highest BCUT2D eigenvalue weighted by Gasteiger charge is 2.15. The van der Waals surface area contributed by atoms with E-state index < -0.39 is 4.92 Å². The van der Waals surface area contributed by atoms with E-state index in [2.05, 4.69) is 0 Å². The van der Waals surface area contributed by atoms with Crippen LogP contribution in [-0.4, -0.2) is 15.1 Å². The van der Waals surface area contributed by atoms with Crippen LogP contribution in [0, 0.1) is 10.1 Å². The van der Waals surface area contributed by atoms with Crippen molar-refractivity contribution in [3.8, 4) is 0 Å². The molecule has 0 aliphatic rings. The summed E-state index contributed by atoms with van der Waals surface area (Å²) in [5.41, 5.74) is 0.0814. The van der Waals surface area contributed by atoms with Crippen LogP contribution < -0.4 is 0 Å². The van der Waals surface area contributed by atoms with Crippen LogP contribution in [0.2, 0.25) is 5.02 Å². The Labute approximate surface area is 98.5 Å². The van der Waals surface area contributed by atoms with Crippen molar-refractivity contribution in [3.63, 3.8) is 0 Å². The summed E-state index contributed by atoms with van der Waals surface area (Å²) in [5, 5.41) is 10.5. The number of carbonyl (C=O) groups excluding carboxylic acids is 1. The van der Waals surface area contributed by atoms with Gasteiger partial charge in [0.25, 0.3) is 5.69 Å². The predicted octanol–water partition coefficient (Wildman–Crippen LogP) is 2.87. The van der Waals surface area contributed by atoms with Crippen LogP contribution in [0.15, 0.2) is 18.2 Å². The van der Waals surface area contributed by atoms with E-state index in [4.69, 9.17) is 11.6 Å². The summed E-state index contributed by atoms with van der Waals surface area (Å²) in [4.78, 5) is 21.1. The van der Waals surface area contributed by atoms with Gasteiger partial charge < -0.3 is 0 Å². The van der Waals surface area contributed by atoms with E-state index in [1.807, 2.05) is 22.6 Å². The van der Waals surface area contributed by atoms with E-state index >= 15 is 0 Å². The van der Waals surface area contributed by atoms with Crippen LogP contribution in [0.5, 0.6) is 0 Å². The Morgan fingerprint density at radius 1 is 1.57 bits per heavy atom. The monoisotopic (exact) mass is 325 g/mol. The second-order valence-corrected chi connectivity index (χ2v) is 3.65. The molecule has 0 heterocycles. The summed E-state index contributed by atoms with van der Waals surface area (Å²) in [6.07, 6.45) is 0. The molecule has 74 valence electrons. The van der Waals surface area contributed by atoms with Crippen molar-refractivity contribution < 1.29 is 9.72 Å². The molecule has 0 amide bonds. The highest BCUT2D eigenvalue weighted by atomic mass is 127. The Morgan fingerprint density at radius 2 is 2.21 bits per heavy atom. The average Bonchev–Trinajstić information content (AvgIpc) is 2.17. The number of nitro benzene ring substituents is 1. The lowest BCUT2D eigenvalue weighted by molar-refractivity contribution is -0.384. The van der Waals surface area contributed by atoms with Gasteiger partial charge in [-0.05, 0) is 12.1 Å². The van der Waals surface area contributed by atoms with Gasteiger partial charge in [0.1, 0.15) is 5.02 Å². The molecule has 0 saturated carbocycles. The maximum atomic E-state index is 11.2. The van der Waals surface area contributed by atoms with E-state index in [0.29, 0.717) is 5.56 Å². The average molecular weight is 325 g/mol. The van der Waals surface area contributed by atoms with E-state index in [1.165, 1.54) is 18.2 Å². The van der Waals surface area contributed by atoms with Gasteiger partial charge in [0.2, 0.25) is 0 Å². The number of nitrogens with zero attached hydrogens (tertiary/aromatic N) is 1. The minimum atomic E-state index is -0.605.